The Morgan fingerprint density at radius 3 is 2.68 bits per heavy atom. The maximum absolute atomic E-state index is 5.31. The quantitative estimate of drug-likeness (QED) is 0.857. The lowest BCUT2D eigenvalue weighted by Gasteiger charge is -2.24. The Balaban J connectivity index is 2.14. The van der Waals surface area contributed by atoms with Gasteiger partial charge in [0.2, 0.25) is 5.95 Å². The van der Waals surface area contributed by atoms with Crippen molar-refractivity contribution in [2.45, 2.75) is 58.5 Å². The van der Waals surface area contributed by atoms with Gasteiger partial charge in [-0.25, -0.2) is 4.98 Å². The number of hydrogen-bond acceptors (Lipinski definition) is 3. The van der Waals surface area contributed by atoms with E-state index < -0.39 is 0 Å². The van der Waals surface area contributed by atoms with Crippen LogP contribution in [0.3, 0.4) is 0 Å². The summed E-state index contributed by atoms with van der Waals surface area (Å²) in [6, 6.07) is 0.936. The molecule has 0 amide bonds. The lowest BCUT2D eigenvalue weighted by molar-refractivity contribution is 0.170. The zero-order valence-corrected chi connectivity index (χ0v) is 12.6. The van der Waals surface area contributed by atoms with Crippen molar-refractivity contribution < 1.29 is 4.74 Å². The summed E-state index contributed by atoms with van der Waals surface area (Å²) in [6.07, 6.45) is 7.42. The third-order valence-electron chi connectivity index (χ3n) is 4.04. The van der Waals surface area contributed by atoms with Gasteiger partial charge in [0.05, 0.1) is 18.3 Å². The minimum Gasteiger partial charge on any atom is -0.383 e. The molecule has 0 aliphatic heterocycles. The van der Waals surface area contributed by atoms with E-state index in [-0.39, 0.29) is 0 Å². The van der Waals surface area contributed by atoms with Crippen molar-refractivity contribution in [1.82, 2.24) is 9.55 Å². The Bertz CT molecular complexity index is 394. The molecule has 1 unspecified atom stereocenters. The number of rotatable bonds is 6. The maximum Gasteiger partial charge on any atom is 0.203 e. The first-order chi connectivity index (χ1) is 9.11. The molecule has 0 aromatic carbocycles. The number of aromatic nitrogens is 2. The van der Waals surface area contributed by atoms with Crippen LogP contribution in [-0.4, -0.2) is 29.3 Å². The zero-order chi connectivity index (χ0) is 13.8. The summed E-state index contributed by atoms with van der Waals surface area (Å²) in [6.45, 7) is 7.21. The molecule has 0 radical (unpaired) electrons. The number of ether oxygens (including phenoxy) is 1. The van der Waals surface area contributed by atoms with E-state index in [1.165, 1.54) is 25.7 Å². The number of nitrogens with one attached hydrogen (secondary N) is 1. The first-order valence-corrected chi connectivity index (χ1v) is 7.42. The summed E-state index contributed by atoms with van der Waals surface area (Å²) in [5, 5.41) is 3.57. The molecule has 1 aliphatic carbocycles. The molecule has 1 aliphatic rings. The molecule has 1 aromatic rings. The van der Waals surface area contributed by atoms with Gasteiger partial charge in [-0.3, -0.25) is 0 Å². The molecular formula is C15H27N3O. The molecule has 1 fully saturated rings. The molecule has 1 atom stereocenters. The number of methoxy groups -OCH3 is 1. The Hall–Kier alpha value is -1.03. The number of hydrogen-bond donors (Lipinski definition) is 1. The van der Waals surface area contributed by atoms with Crippen LogP contribution in [0, 0.1) is 12.8 Å². The fraction of sp³-hybridized carbons (Fsp3) is 0.800. The van der Waals surface area contributed by atoms with Crippen molar-refractivity contribution in [1.29, 1.82) is 0 Å². The van der Waals surface area contributed by atoms with E-state index >= 15 is 0 Å². The predicted molar refractivity (Wildman–Crippen MR) is 78.6 cm³/mol. The Morgan fingerprint density at radius 1 is 1.42 bits per heavy atom. The van der Waals surface area contributed by atoms with Gasteiger partial charge >= 0.3 is 0 Å². The fourth-order valence-corrected chi connectivity index (χ4v) is 2.83. The summed E-state index contributed by atoms with van der Waals surface area (Å²) in [5.74, 6) is 1.54. The van der Waals surface area contributed by atoms with Crippen molar-refractivity contribution in [3.63, 3.8) is 0 Å². The van der Waals surface area contributed by atoms with E-state index in [4.69, 9.17) is 4.74 Å². The van der Waals surface area contributed by atoms with Gasteiger partial charge in [-0.2, -0.15) is 0 Å². The van der Waals surface area contributed by atoms with Crippen molar-refractivity contribution >= 4 is 5.95 Å². The lowest BCUT2D eigenvalue weighted by Crippen LogP contribution is -2.32. The van der Waals surface area contributed by atoms with Crippen LogP contribution in [0.1, 0.15) is 51.3 Å². The van der Waals surface area contributed by atoms with Crippen LogP contribution in [0.4, 0.5) is 5.95 Å². The van der Waals surface area contributed by atoms with Crippen LogP contribution >= 0.6 is 0 Å². The van der Waals surface area contributed by atoms with Crippen LogP contribution in [0.25, 0.3) is 0 Å². The summed E-state index contributed by atoms with van der Waals surface area (Å²) in [4.78, 5) is 4.66. The molecule has 4 heteroatoms. The molecule has 2 rings (SSSR count). The first kappa shape index (κ1) is 14.4. The first-order valence-electron chi connectivity index (χ1n) is 7.42. The fourth-order valence-electron chi connectivity index (χ4n) is 2.83. The second kappa shape index (κ2) is 6.42. The molecule has 0 bridgehead atoms. The second-order valence-electron chi connectivity index (χ2n) is 6.00. The molecule has 0 spiro atoms. The van der Waals surface area contributed by atoms with E-state index in [0.717, 1.165) is 11.6 Å². The topological polar surface area (TPSA) is 39.1 Å². The van der Waals surface area contributed by atoms with E-state index in [0.29, 0.717) is 24.6 Å². The molecule has 0 saturated heterocycles. The van der Waals surface area contributed by atoms with Gasteiger partial charge in [0.1, 0.15) is 0 Å². The van der Waals surface area contributed by atoms with Crippen LogP contribution < -0.4 is 5.32 Å². The maximum atomic E-state index is 5.31. The molecule has 1 N–H and O–H groups in total. The van der Waals surface area contributed by atoms with E-state index in [1.54, 1.807) is 7.11 Å². The van der Waals surface area contributed by atoms with Crippen LogP contribution in [0.5, 0.6) is 0 Å². The standard InChI is InChI=1S/C15H27N3O/c1-11(2)14(10-19-4)17-15-16-12(3)9-18(15)13-7-5-6-8-13/h9,11,13-14H,5-8,10H2,1-4H3,(H,16,17). The van der Waals surface area contributed by atoms with Crippen molar-refractivity contribution in [2.75, 3.05) is 19.0 Å². The van der Waals surface area contributed by atoms with Gasteiger partial charge in [0.25, 0.3) is 0 Å². The number of nitrogens with zero attached hydrogens (tertiary/aromatic N) is 2. The largest absolute Gasteiger partial charge is 0.383 e. The smallest absolute Gasteiger partial charge is 0.203 e. The van der Waals surface area contributed by atoms with Gasteiger partial charge in [-0.05, 0) is 25.7 Å². The summed E-state index contributed by atoms with van der Waals surface area (Å²) in [7, 11) is 1.76. The zero-order valence-electron chi connectivity index (χ0n) is 12.6. The minimum atomic E-state index is 0.312. The normalized spacial score (nSPS) is 18.2. The molecular weight excluding hydrogens is 238 g/mol. The second-order valence-corrected chi connectivity index (χ2v) is 6.00. The average molecular weight is 265 g/mol. The Labute approximate surface area is 116 Å². The van der Waals surface area contributed by atoms with Gasteiger partial charge in [0, 0.05) is 19.3 Å². The van der Waals surface area contributed by atoms with E-state index in [9.17, 15) is 0 Å². The number of anilines is 1. The highest BCUT2D eigenvalue weighted by Crippen LogP contribution is 2.32. The molecule has 1 saturated carbocycles. The monoisotopic (exact) mass is 265 g/mol. The van der Waals surface area contributed by atoms with Crippen LogP contribution in [0.2, 0.25) is 0 Å². The summed E-state index contributed by atoms with van der Waals surface area (Å²) < 4.78 is 7.65. The third kappa shape index (κ3) is 3.50. The molecule has 108 valence electrons. The highest BCUT2D eigenvalue weighted by Gasteiger charge is 2.22. The molecule has 1 heterocycles. The average Bonchev–Trinajstić information content (AvgIpc) is 2.97. The van der Waals surface area contributed by atoms with Gasteiger partial charge in [-0.1, -0.05) is 26.7 Å². The predicted octanol–water partition coefficient (Wildman–Crippen LogP) is 3.39. The van der Waals surface area contributed by atoms with Gasteiger partial charge in [-0.15, -0.1) is 0 Å². The summed E-state index contributed by atoms with van der Waals surface area (Å²) >= 11 is 0. The number of aryl methyl sites for hydroxylation is 1. The SMILES string of the molecule is COCC(Nc1nc(C)cn1C1CCCC1)C(C)C. The lowest BCUT2D eigenvalue weighted by atomic mass is 10.1. The Kier molecular flexibility index (Phi) is 4.86. The Morgan fingerprint density at radius 2 is 2.11 bits per heavy atom. The van der Waals surface area contributed by atoms with Crippen LogP contribution in [-0.2, 0) is 4.74 Å². The number of imidazole rings is 1. The van der Waals surface area contributed by atoms with Crippen LogP contribution in [0.15, 0.2) is 6.20 Å². The van der Waals surface area contributed by atoms with Crippen molar-refractivity contribution in [3.8, 4) is 0 Å². The highest BCUT2D eigenvalue weighted by molar-refractivity contribution is 5.31. The highest BCUT2D eigenvalue weighted by atomic mass is 16.5. The molecule has 4 nitrogen and oxygen atoms in total. The molecule has 1 aromatic heterocycles. The van der Waals surface area contributed by atoms with Gasteiger partial charge in [0.15, 0.2) is 0 Å². The summed E-state index contributed by atoms with van der Waals surface area (Å²) in [5.41, 5.74) is 1.09. The minimum absolute atomic E-state index is 0.312. The van der Waals surface area contributed by atoms with E-state index in [1.807, 2.05) is 0 Å². The molecule has 19 heavy (non-hydrogen) atoms. The van der Waals surface area contributed by atoms with Crippen molar-refractivity contribution in [3.05, 3.63) is 11.9 Å². The third-order valence-corrected chi connectivity index (χ3v) is 4.04. The van der Waals surface area contributed by atoms with Crippen molar-refractivity contribution in [2.24, 2.45) is 5.92 Å². The van der Waals surface area contributed by atoms with Gasteiger partial charge < -0.3 is 14.6 Å². The van der Waals surface area contributed by atoms with E-state index in [2.05, 4.69) is 41.8 Å².